The Bertz CT molecular complexity index is 361. The topological polar surface area (TPSA) is 21.3 Å². The smallest absolute Gasteiger partial charge is 0.118 e. The monoisotopic (exact) mass is 247 g/mol. The first-order chi connectivity index (χ1) is 8.64. The van der Waals surface area contributed by atoms with Crippen molar-refractivity contribution >= 4 is 0 Å². The van der Waals surface area contributed by atoms with E-state index in [1.54, 1.807) is 19.3 Å². The fourth-order valence-electron chi connectivity index (χ4n) is 1.57. The summed E-state index contributed by atoms with van der Waals surface area (Å²) < 4.78 is 5.18. The summed E-state index contributed by atoms with van der Waals surface area (Å²) in [4.78, 5) is 0. The molecule has 0 fully saturated rings. The number of likely N-dealkylation sites (N-methyl/N-ethyl adjacent to an activating group) is 1. The Morgan fingerprint density at radius 2 is 1.94 bits per heavy atom. The lowest BCUT2D eigenvalue weighted by Crippen LogP contribution is -2.13. The minimum absolute atomic E-state index is 0.461. The fourth-order valence-corrected chi connectivity index (χ4v) is 1.57. The van der Waals surface area contributed by atoms with E-state index < -0.39 is 0 Å². The van der Waals surface area contributed by atoms with Crippen molar-refractivity contribution in [3.63, 3.8) is 0 Å². The highest BCUT2D eigenvalue weighted by Crippen LogP contribution is 2.21. The molecule has 0 amide bonds. The van der Waals surface area contributed by atoms with Crippen LogP contribution in [0.3, 0.4) is 0 Å². The van der Waals surface area contributed by atoms with Crippen LogP contribution in [0.15, 0.2) is 60.6 Å². The van der Waals surface area contributed by atoms with Gasteiger partial charge in [0.2, 0.25) is 0 Å². The van der Waals surface area contributed by atoms with E-state index in [-0.39, 0.29) is 0 Å². The summed E-state index contributed by atoms with van der Waals surface area (Å²) in [6, 6.07) is 0. The standard InChI is InChI=1S/C16H25NO/c1-7-10-16(17-5)15(13(4)8-2)12-11-14(9-3)18-6/h7,9-13,17H,1,3,8H2,2,4-6H3/b14-11+,15-12+,16-10-. The second-order valence-electron chi connectivity index (χ2n) is 3.97. The zero-order valence-corrected chi connectivity index (χ0v) is 12.0. The van der Waals surface area contributed by atoms with E-state index in [2.05, 4.69) is 38.4 Å². The molecule has 18 heavy (non-hydrogen) atoms. The fraction of sp³-hybridized carbons (Fsp3) is 0.375. The summed E-state index contributed by atoms with van der Waals surface area (Å²) >= 11 is 0. The van der Waals surface area contributed by atoms with Crippen molar-refractivity contribution in [2.45, 2.75) is 20.3 Å². The Kier molecular flexibility index (Phi) is 8.46. The number of allylic oxidation sites excluding steroid dienone is 6. The lowest BCUT2D eigenvalue weighted by Gasteiger charge is -2.17. The molecular weight excluding hydrogens is 222 g/mol. The first-order valence-corrected chi connectivity index (χ1v) is 6.23. The molecule has 0 aliphatic heterocycles. The number of methoxy groups -OCH3 is 1. The van der Waals surface area contributed by atoms with Gasteiger partial charge in [0.1, 0.15) is 5.76 Å². The van der Waals surface area contributed by atoms with Gasteiger partial charge >= 0.3 is 0 Å². The maximum Gasteiger partial charge on any atom is 0.118 e. The largest absolute Gasteiger partial charge is 0.497 e. The summed E-state index contributed by atoms with van der Waals surface area (Å²) in [5.74, 6) is 1.22. The van der Waals surface area contributed by atoms with Crippen LogP contribution >= 0.6 is 0 Å². The Balaban J connectivity index is 5.41. The summed E-state index contributed by atoms with van der Waals surface area (Å²) in [7, 11) is 3.56. The first-order valence-electron chi connectivity index (χ1n) is 6.23. The number of ether oxygens (including phenoxy) is 1. The van der Waals surface area contributed by atoms with Gasteiger partial charge in [-0.2, -0.15) is 0 Å². The zero-order valence-electron chi connectivity index (χ0n) is 12.0. The molecule has 0 bridgehead atoms. The van der Waals surface area contributed by atoms with Crippen molar-refractivity contribution in [3.05, 3.63) is 60.6 Å². The van der Waals surface area contributed by atoms with Gasteiger partial charge in [0, 0.05) is 12.7 Å². The van der Waals surface area contributed by atoms with Crippen LogP contribution in [-0.4, -0.2) is 14.2 Å². The van der Waals surface area contributed by atoms with E-state index in [0.29, 0.717) is 5.92 Å². The molecular formula is C16H25NO. The SMILES string of the molecule is C=C/C=C(NC)/C(=C/C=C(\C=C)OC)C(C)CC. The number of nitrogens with one attached hydrogen (secondary N) is 1. The van der Waals surface area contributed by atoms with Crippen LogP contribution in [0.5, 0.6) is 0 Å². The Morgan fingerprint density at radius 3 is 2.33 bits per heavy atom. The molecule has 100 valence electrons. The maximum absolute atomic E-state index is 5.18. The average Bonchev–Trinajstić information content (AvgIpc) is 2.41. The summed E-state index contributed by atoms with van der Waals surface area (Å²) in [5, 5.41) is 3.20. The van der Waals surface area contributed by atoms with E-state index in [0.717, 1.165) is 17.9 Å². The maximum atomic E-state index is 5.18. The third-order valence-corrected chi connectivity index (χ3v) is 2.87. The predicted octanol–water partition coefficient (Wildman–Crippen LogP) is 3.96. The van der Waals surface area contributed by atoms with Gasteiger partial charge in [-0.1, -0.05) is 39.2 Å². The number of hydrogen-bond acceptors (Lipinski definition) is 2. The molecule has 0 spiro atoms. The third kappa shape index (κ3) is 5.09. The number of hydrogen-bond donors (Lipinski definition) is 1. The highest BCUT2D eigenvalue weighted by molar-refractivity contribution is 5.37. The molecule has 1 atom stereocenters. The van der Waals surface area contributed by atoms with Crippen molar-refractivity contribution in [2.75, 3.05) is 14.2 Å². The van der Waals surface area contributed by atoms with Gasteiger partial charge < -0.3 is 10.1 Å². The van der Waals surface area contributed by atoms with Crippen LogP contribution in [0.1, 0.15) is 20.3 Å². The van der Waals surface area contributed by atoms with Crippen molar-refractivity contribution < 1.29 is 4.74 Å². The molecule has 0 saturated heterocycles. The lowest BCUT2D eigenvalue weighted by atomic mass is 9.94. The Hall–Kier alpha value is -1.70. The average molecular weight is 247 g/mol. The van der Waals surface area contributed by atoms with Crippen molar-refractivity contribution in [3.8, 4) is 0 Å². The van der Waals surface area contributed by atoms with E-state index in [1.165, 1.54) is 5.57 Å². The van der Waals surface area contributed by atoms with Crippen molar-refractivity contribution in [1.82, 2.24) is 5.32 Å². The molecule has 2 nitrogen and oxygen atoms in total. The van der Waals surface area contributed by atoms with Crippen LogP contribution in [-0.2, 0) is 4.74 Å². The van der Waals surface area contributed by atoms with E-state index >= 15 is 0 Å². The van der Waals surface area contributed by atoms with Crippen molar-refractivity contribution in [1.29, 1.82) is 0 Å². The van der Waals surface area contributed by atoms with Gasteiger partial charge in [-0.25, -0.2) is 0 Å². The molecule has 0 rings (SSSR count). The van der Waals surface area contributed by atoms with Crippen LogP contribution in [0.2, 0.25) is 0 Å². The van der Waals surface area contributed by atoms with Gasteiger partial charge in [-0.3, -0.25) is 0 Å². The van der Waals surface area contributed by atoms with E-state index in [9.17, 15) is 0 Å². The zero-order chi connectivity index (χ0) is 14.0. The minimum atomic E-state index is 0.461. The van der Waals surface area contributed by atoms with Gasteiger partial charge in [-0.05, 0) is 36.1 Å². The highest BCUT2D eigenvalue weighted by atomic mass is 16.5. The normalized spacial score (nSPS) is 15.0. The molecule has 1 unspecified atom stereocenters. The molecule has 0 aromatic rings. The predicted molar refractivity (Wildman–Crippen MR) is 80.2 cm³/mol. The molecule has 0 aromatic carbocycles. The van der Waals surface area contributed by atoms with E-state index in [4.69, 9.17) is 4.74 Å². The molecule has 0 radical (unpaired) electrons. The van der Waals surface area contributed by atoms with Crippen LogP contribution in [0.4, 0.5) is 0 Å². The van der Waals surface area contributed by atoms with Crippen LogP contribution in [0.25, 0.3) is 0 Å². The highest BCUT2D eigenvalue weighted by Gasteiger charge is 2.09. The van der Waals surface area contributed by atoms with Gasteiger partial charge in [0.25, 0.3) is 0 Å². The molecule has 1 N–H and O–H groups in total. The second-order valence-corrected chi connectivity index (χ2v) is 3.97. The first kappa shape index (κ1) is 16.3. The molecule has 0 aromatic heterocycles. The van der Waals surface area contributed by atoms with Gasteiger partial charge in [0.05, 0.1) is 7.11 Å². The summed E-state index contributed by atoms with van der Waals surface area (Å²) in [6.45, 7) is 11.8. The minimum Gasteiger partial charge on any atom is -0.497 e. The molecule has 2 heteroatoms. The molecule has 0 saturated carbocycles. The molecule has 0 aliphatic carbocycles. The molecule has 0 heterocycles. The Morgan fingerprint density at radius 1 is 1.28 bits per heavy atom. The van der Waals surface area contributed by atoms with Gasteiger partial charge in [-0.15, -0.1) is 0 Å². The second kappa shape index (κ2) is 9.34. The van der Waals surface area contributed by atoms with Gasteiger partial charge in [0.15, 0.2) is 0 Å². The molecule has 0 aliphatic rings. The summed E-state index contributed by atoms with van der Waals surface area (Å²) in [6.07, 6.45) is 10.5. The summed E-state index contributed by atoms with van der Waals surface area (Å²) in [5.41, 5.74) is 2.31. The van der Waals surface area contributed by atoms with Crippen LogP contribution in [0, 0.1) is 5.92 Å². The third-order valence-electron chi connectivity index (χ3n) is 2.87. The van der Waals surface area contributed by atoms with Crippen LogP contribution < -0.4 is 5.32 Å². The number of rotatable bonds is 8. The van der Waals surface area contributed by atoms with Crippen molar-refractivity contribution in [2.24, 2.45) is 5.92 Å². The lowest BCUT2D eigenvalue weighted by molar-refractivity contribution is 0.307. The van der Waals surface area contributed by atoms with E-state index in [1.807, 2.05) is 19.2 Å². The quantitative estimate of drug-likeness (QED) is 0.518. The Labute approximate surface area is 111 Å².